The van der Waals surface area contributed by atoms with Gasteiger partial charge in [0.1, 0.15) is 16.9 Å². The number of halogens is 1. The van der Waals surface area contributed by atoms with Crippen molar-refractivity contribution in [2.75, 3.05) is 32.2 Å². The van der Waals surface area contributed by atoms with Crippen molar-refractivity contribution in [1.29, 1.82) is 0 Å². The average molecular weight is 409 g/mol. The summed E-state index contributed by atoms with van der Waals surface area (Å²) in [5.41, 5.74) is 1.89. The molecule has 2 aromatic carbocycles. The molecule has 0 bridgehead atoms. The molecule has 0 aliphatic carbocycles. The van der Waals surface area contributed by atoms with E-state index in [1.54, 1.807) is 25.8 Å². The van der Waals surface area contributed by atoms with Gasteiger partial charge in [0.2, 0.25) is 5.91 Å². The molecule has 0 radical (unpaired) electrons. The van der Waals surface area contributed by atoms with Crippen molar-refractivity contribution >= 4 is 35.8 Å². The van der Waals surface area contributed by atoms with Crippen molar-refractivity contribution < 1.29 is 14.3 Å². The Morgan fingerprint density at radius 1 is 1.26 bits per heavy atom. The highest BCUT2D eigenvalue weighted by molar-refractivity contribution is 8.00. The zero-order valence-corrected chi connectivity index (χ0v) is 17.4. The number of carbonyl (C=O) groups excluding carboxylic acids is 1. The molecule has 0 spiro atoms. The highest BCUT2D eigenvalue weighted by Crippen LogP contribution is 2.53. The van der Waals surface area contributed by atoms with E-state index in [-0.39, 0.29) is 23.7 Å². The van der Waals surface area contributed by atoms with Crippen LogP contribution >= 0.6 is 24.2 Å². The lowest BCUT2D eigenvalue weighted by atomic mass is 10.1. The number of anilines is 1. The smallest absolute Gasteiger partial charge is 0.225 e. The number of amides is 1. The number of methoxy groups -OCH3 is 1. The first kappa shape index (κ1) is 21.4. The van der Waals surface area contributed by atoms with Crippen LogP contribution in [-0.4, -0.2) is 33.2 Å². The Morgan fingerprint density at radius 3 is 2.74 bits per heavy atom. The van der Waals surface area contributed by atoms with Gasteiger partial charge in [-0.1, -0.05) is 23.9 Å². The highest BCUT2D eigenvalue weighted by Gasteiger charge is 2.35. The normalized spacial score (nSPS) is 15.1. The van der Waals surface area contributed by atoms with Crippen LogP contribution in [0.5, 0.6) is 11.5 Å². The Hall–Kier alpha value is -1.89. The SMILES string of the molecule is CNCCCOc1ccc(OC)cc1C1Sc2ccccc2N1C(C)=O.Cl. The van der Waals surface area contributed by atoms with Gasteiger partial charge in [-0.2, -0.15) is 0 Å². The third kappa shape index (κ3) is 4.69. The number of ether oxygens (including phenoxy) is 2. The minimum atomic E-state index is -0.167. The molecular formula is C20H25ClN2O3S. The Kier molecular flexibility index (Phi) is 7.83. The third-order valence-corrected chi connectivity index (χ3v) is 5.54. The minimum absolute atomic E-state index is 0. The lowest BCUT2D eigenvalue weighted by Gasteiger charge is -2.25. The van der Waals surface area contributed by atoms with E-state index in [2.05, 4.69) is 5.32 Å². The molecule has 7 heteroatoms. The van der Waals surface area contributed by atoms with E-state index < -0.39 is 0 Å². The number of benzene rings is 2. The van der Waals surface area contributed by atoms with E-state index in [0.717, 1.165) is 40.6 Å². The quantitative estimate of drug-likeness (QED) is 0.693. The van der Waals surface area contributed by atoms with E-state index in [4.69, 9.17) is 9.47 Å². The molecule has 0 fully saturated rings. The van der Waals surface area contributed by atoms with Gasteiger partial charge in [0.25, 0.3) is 0 Å². The molecule has 1 amide bonds. The summed E-state index contributed by atoms with van der Waals surface area (Å²) in [6.45, 7) is 3.11. The number of hydrogen-bond donors (Lipinski definition) is 1. The molecule has 1 aliphatic heterocycles. The maximum Gasteiger partial charge on any atom is 0.225 e. The Labute approximate surface area is 170 Å². The maximum atomic E-state index is 12.4. The summed E-state index contributed by atoms with van der Waals surface area (Å²) >= 11 is 1.66. The predicted octanol–water partition coefficient (Wildman–Crippen LogP) is 4.26. The van der Waals surface area contributed by atoms with Crippen LogP contribution in [0, 0.1) is 0 Å². The number of hydrogen-bond acceptors (Lipinski definition) is 5. The molecule has 1 heterocycles. The van der Waals surface area contributed by atoms with Crippen LogP contribution in [0.3, 0.4) is 0 Å². The summed E-state index contributed by atoms with van der Waals surface area (Å²) in [6, 6.07) is 13.8. The molecule has 5 nitrogen and oxygen atoms in total. The van der Waals surface area contributed by atoms with Crippen LogP contribution in [0.2, 0.25) is 0 Å². The van der Waals surface area contributed by atoms with E-state index in [1.807, 2.05) is 54.4 Å². The number of thioether (sulfide) groups is 1. The lowest BCUT2D eigenvalue weighted by molar-refractivity contribution is -0.116. The fraction of sp³-hybridized carbons (Fsp3) is 0.350. The van der Waals surface area contributed by atoms with Crippen molar-refractivity contribution in [3.63, 3.8) is 0 Å². The van der Waals surface area contributed by atoms with Crippen LogP contribution in [0.1, 0.15) is 24.3 Å². The van der Waals surface area contributed by atoms with E-state index in [0.29, 0.717) is 6.61 Å². The minimum Gasteiger partial charge on any atom is -0.497 e. The van der Waals surface area contributed by atoms with Crippen molar-refractivity contribution in [2.24, 2.45) is 0 Å². The highest BCUT2D eigenvalue weighted by atomic mass is 35.5. The van der Waals surface area contributed by atoms with Gasteiger partial charge in [-0.3, -0.25) is 9.69 Å². The van der Waals surface area contributed by atoms with Crippen LogP contribution < -0.4 is 19.7 Å². The predicted molar refractivity (Wildman–Crippen MR) is 112 cm³/mol. The standard InChI is InChI=1S/C20H24N2O3S.ClH/c1-14(23)22-17-7-4-5-8-19(17)26-20(22)16-13-15(24-3)9-10-18(16)25-12-6-11-21-2;/h4-5,7-10,13,20-21H,6,11-12H2,1-3H3;1H. The number of fused-ring (bicyclic) bond motifs is 1. The molecule has 1 N–H and O–H groups in total. The van der Waals surface area contributed by atoms with Gasteiger partial charge in [0, 0.05) is 17.4 Å². The Morgan fingerprint density at radius 2 is 2.04 bits per heavy atom. The molecule has 27 heavy (non-hydrogen) atoms. The van der Waals surface area contributed by atoms with Gasteiger partial charge >= 0.3 is 0 Å². The fourth-order valence-corrected chi connectivity index (χ4v) is 4.36. The Bertz CT molecular complexity index is 788. The molecule has 3 rings (SSSR count). The second kappa shape index (κ2) is 9.88. The van der Waals surface area contributed by atoms with E-state index in [9.17, 15) is 4.79 Å². The monoisotopic (exact) mass is 408 g/mol. The number of para-hydroxylation sites is 1. The lowest BCUT2D eigenvalue weighted by Crippen LogP contribution is -2.28. The molecule has 0 saturated carbocycles. The largest absolute Gasteiger partial charge is 0.497 e. The molecule has 0 aromatic heterocycles. The number of nitrogens with one attached hydrogen (secondary N) is 1. The molecular weight excluding hydrogens is 384 g/mol. The molecule has 1 unspecified atom stereocenters. The number of rotatable bonds is 7. The second-order valence-corrected chi connectivity index (χ2v) is 7.16. The van der Waals surface area contributed by atoms with Crippen LogP contribution in [-0.2, 0) is 4.79 Å². The first-order chi connectivity index (χ1) is 12.7. The van der Waals surface area contributed by atoms with Crippen LogP contribution in [0.4, 0.5) is 5.69 Å². The van der Waals surface area contributed by atoms with Crippen LogP contribution in [0.15, 0.2) is 47.4 Å². The average Bonchev–Trinajstić information content (AvgIpc) is 3.05. The molecule has 146 valence electrons. The van der Waals surface area contributed by atoms with Crippen molar-refractivity contribution in [3.8, 4) is 11.5 Å². The van der Waals surface area contributed by atoms with E-state index >= 15 is 0 Å². The zero-order chi connectivity index (χ0) is 18.5. The third-order valence-electron chi connectivity index (χ3n) is 4.25. The zero-order valence-electron chi connectivity index (χ0n) is 15.7. The molecule has 0 saturated heterocycles. The molecule has 1 aliphatic rings. The van der Waals surface area contributed by atoms with Gasteiger partial charge in [0.05, 0.1) is 19.4 Å². The summed E-state index contributed by atoms with van der Waals surface area (Å²) in [6.07, 6.45) is 0.913. The second-order valence-electron chi connectivity index (χ2n) is 6.04. The van der Waals surface area contributed by atoms with Gasteiger partial charge in [-0.05, 0) is 50.3 Å². The van der Waals surface area contributed by atoms with Crippen molar-refractivity contribution in [1.82, 2.24) is 5.32 Å². The summed E-state index contributed by atoms with van der Waals surface area (Å²) in [7, 11) is 3.57. The maximum absolute atomic E-state index is 12.4. The summed E-state index contributed by atoms with van der Waals surface area (Å²) in [5, 5.41) is 2.95. The van der Waals surface area contributed by atoms with Gasteiger partial charge in [0.15, 0.2) is 0 Å². The summed E-state index contributed by atoms with van der Waals surface area (Å²) in [5.74, 6) is 1.55. The summed E-state index contributed by atoms with van der Waals surface area (Å²) in [4.78, 5) is 15.3. The topological polar surface area (TPSA) is 50.8 Å². The number of nitrogens with zero attached hydrogens (tertiary/aromatic N) is 1. The van der Waals surface area contributed by atoms with Gasteiger partial charge < -0.3 is 14.8 Å². The summed E-state index contributed by atoms with van der Waals surface area (Å²) < 4.78 is 11.4. The van der Waals surface area contributed by atoms with Crippen molar-refractivity contribution in [2.45, 2.75) is 23.6 Å². The van der Waals surface area contributed by atoms with Gasteiger partial charge in [-0.25, -0.2) is 0 Å². The fourth-order valence-electron chi connectivity index (χ4n) is 3.00. The van der Waals surface area contributed by atoms with Crippen molar-refractivity contribution in [3.05, 3.63) is 48.0 Å². The first-order valence-corrected chi connectivity index (χ1v) is 9.54. The molecule has 2 aromatic rings. The Balaban J connectivity index is 0.00000261. The van der Waals surface area contributed by atoms with Gasteiger partial charge in [-0.15, -0.1) is 12.4 Å². The first-order valence-electron chi connectivity index (χ1n) is 8.66. The number of carbonyl (C=O) groups is 1. The molecule has 1 atom stereocenters. The van der Waals surface area contributed by atoms with Crippen LogP contribution in [0.25, 0.3) is 0 Å². The van der Waals surface area contributed by atoms with E-state index in [1.165, 1.54) is 0 Å².